The molecule has 1 aromatic rings. The van der Waals surface area contributed by atoms with Gasteiger partial charge in [0.1, 0.15) is 6.61 Å². The number of amides is 1. The number of ether oxygens (including phenoxy) is 2. The van der Waals surface area contributed by atoms with Crippen molar-refractivity contribution in [1.82, 2.24) is 9.80 Å². The zero-order valence-corrected chi connectivity index (χ0v) is 17.9. The summed E-state index contributed by atoms with van der Waals surface area (Å²) in [5.41, 5.74) is 5.36. The standard InChI is InChI=1S/C22H31N3O5/c1-24(2)16-9-10-18(17(13-16)19(26)29-3)25-12-11-22(23,20(25)27)21(28)30-14-15-7-5-4-6-8-15/h4-8,16-18H,9-14,23H2,1-3H3/t16-,17+,18+,22+/m1/s1. The van der Waals surface area contributed by atoms with Gasteiger partial charge in [-0.1, -0.05) is 30.3 Å². The molecule has 0 unspecified atom stereocenters. The molecule has 2 aliphatic rings. The number of methoxy groups -OCH3 is 1. The van der Waals surface area contributed by atoms with Crippen molar-refractivity contribution in [3.8, 4) is 0 Å². The fourth-order valence-corrected chi connectivity index (χ4v) is 4.50. The highest BCUT2D eigenvalue weighted by Gasteiger charge is 2.54. The molecule has 3 rings (SSSR count). The summed E-state index contributed by atoms with van der Waals surface area (Å²) < 4.78 is 10.4. The van der Waals surface area contributed by atoms with E-state index in [9.17, 15) is 14.4 Å². The van der Waals surface area contributed by atoms with Gasteiger partial charge in [0.25, 0.3) is 5.91 Å². The summed E-state index contributed by atoms with van der Waals surface area (Å²) >= 11 is 0. The van der Waals surface area contributed by atoms with Gasteiger partial charge in [-0.05, 0) is 38.9 Å². The summed E-state index contributed by atoms with van der Waals surface area (Å²) in [6.45, 7) is 0.380. The average molecular weight is 418 g/mol. The minimum Gasteiger partial charge on any atom is -0.469 e. The maximum absolute atomic E-state index is 13.2. The Balaban J connectivity index is 1.70. The van der Waals surface area contributed by atoms with Crippen molar-refractivity contribution in [3.63, 3.8) is 0 Å². The molecular formula is C22H31N3O5. The van der Waals surface area contributed by atoms with E-state index in [0.717, 1.165) is 12.0 Å². The van der Waals surface area contributed by atoms with Crippen LogP contribution in [-0.2, 0) is 30.5 Å². The summed E-state index contributed by atoms with van der Waals surface area (Å²) in [6.07, 6.45) is 2.28. The molecule has 1 aliphatic carbocycles. The van der Waals surface area contributed by atoms with Gasteiger partial charge in [0.15, 0.2) is 5.54 Å². The number of rotatable bonds is 6. The topological polar surface area (TPSA) is 102 Å². The van der Waals surface area contributed by atoms with E-state index in [1.807, 2.05) is 44.4 Å². The number of hydrogen-bond donors (Lipinski definition) is 1. The van der Waals surface area contributed by atoms with Crippen molar-refractivity contribution in [1.29, 1.82) is 0 Å². The number of likely N-dealkylation sites (tertiary alicyclic amines) is 1. The quantitative estimate of drug-likeness (QED) is 0.543. The first-order chi connectivity index (χ1) is 14.3. The van der Waals surface area contributed by atoms with Gasteiger partial charge in [-0.25, -0.2) is 4.79 Å². The summed E-state index contributed by atoms with van der Waals surface area (Å²) in [6, 6.07) is 9.15. The molecule has 2 fully saturated rings. The third kappa shape index (κ3) is 4.34. The number of nitrogens with zero attached hydrogens (tertiary/aromatic N) is 2. The SMILES string of the molecule is COC(=O)[C@H]1C[C@H](N(C)C)CC[C@@H]1N1CC[C@@](N)(C(=O)OCc2ccccc2)C1=O. The lowest BCUT2D eigenvalue weighted by molar-refractivity contribution is -0.158. The van der Waals surface area contributed by atoms with Gasteiger partial charge >= 0.3 is 11.9 Å². The Morgan fingerprint density at radius 2 is 1.93 bits per heavy atom. The summed E-state index contributed by atoms with van der Waals surface area (Å²) in [5, 5.41) is 0. The molecule has 164 valence electrons. The van der Waals surface area contributed by atoms with E-state index < -0.39 is 23.3 Å². The predicted molar refractivity (Wildman–Crippen MR) is 110 cm³/mol. The minimum atomic E-state index is -1.71. The van der Waals surface area contributed by atoms with Crippen molar-refractivity contribution < 1.29 is 23.9 Å². The lowest BCUT2D eigenvalue weighted by Crippen LogP contribution is -2.58. The smallest absolute Gasteiger partial charge is 0.336 e. The second-order valence-electron chi connectivity index (χ2n) is 8.41. The second-order valence-corrected chi connectivity index (χ2v) is 8.41. The van der Waals surface area contributed by atoms with E-state index in [2.05, 4.69) is 4.90 Å². The van der Waals surface area contributed by atoms with Crippen LogP contribution in [0.25, 0.3) is 0 Å². The van der Waals surface area contributed by atoms with Gasteiger partial charge in [0.2, 0.25) is 0 Å². The zero-order chi connectivity index (χ0) is 21.9. The van der Waals surface area contributed by atoms with Gasteiger partial charge in [0.05, 0.1) is 13.0 Å². The highest BCUT2D eigenvalue weighted by atomic mass is 16.5. The largest absolute Gasteiger partial charge is 0.469 e. The van der Waals surface area contributed by atoms with Crippen LogP contribution in [0, 0.1) is 5.92 Å². The highest BCUT2D eigenvalue weighted by molar-refractivity contribution is 6.08. The van der Waals surface area contributed by atoms with E-state index in [1.54, 1.807) is 4.90 Å². The number of benzene rings is 1. The van der Waals surface area contributed by atoms with Crippen molar-refractivity contribution in [3.05, 3.63) is 35.9 Å². The molecular weight excluding hydrogens is 386 g/mol. The van der Waals surface area contributed by atoms with Crippen LogP contribution in [-0.4, -0.2) is 73.0 Å². The minimum absolute atomic E-state index is 0.0602. The highest BCUT2D eigenvalue weighted by Crippen LogP contribution is 2.36. The Hall–Kier alpha value is -2.45. The number of carbonyl (C=O) groups excluding carboxylic acids is 3. The van der Waals surface area contributed by atoms with Crippen molar-refractivity contribution in [2.24, 2.45) is 11.7 Å². The predicted octanol–water partition coefficient (Wildman–Crippen LogP) is 0.932. The molecule has 0 aromatic heterocycles. The van der Waals surface area contributed by atoms with Gasteiger partial charge < -0.3 is 25.0 Å². The number of esters is 2. The molecule has 0 radical (unpaired) electrons. The van der Waals surface area contributed by atoms with Gasteiger partial charge in [-0.2, -0.15) is 0 Å². The Labute approximate surface area is 177 Å². The second kappa shape index (κ2) is 9.14. The number of nitrogens with two attached hydrogens (primary N) is 1. The van der Waals surface area contributed by atoms with E-state index >= 15 is 0 Å². The molecule has 8 nitrogen and oxygen atoms in total. The monoisotopic (exact) mass is 417 g/mol. The molecule has 2 N–H and O–H groups in total. The third-order valence-electron chi connectivity index (χ3n) is 6.39. The van der Waals surface area contributed by atoms with E-state index in [1.165, 1.54) is 7.11 Å². The maximum Gasteiger partial charge on any atom is 0.336 e. The molecule has 1 aliphatic heterocycles. The lowest BCUT2D eigenvalue weighted by Gasteiger charge is -2.41. The summed E-state index contributed by atoms with van der Waals surface area (Å²) in [7, 11) is 5.32. The number of carbonyl (C=O) groups is 3. The fourth-order valence-electron chi connectivity index (χ4n) is 4.50. The molecule has 0 spiro atoms. The molecule has 1 saturated heterocycles. The van der Waals surface area contributed by atoms with E-state index in [-0.39, 0.29) is 31.1 Å². The molecule has 1 saturated carbocycles. The van der Waals surface area contributed by atoms with Crippen molar-refractivity contribution in [2.45, 2.75) is 49.9 Å². The molecule has 8 heteroatoms. The molecule has 1 amide bonds. The van der Waals surface area contributed by atoms with Crippen LogP contribution in [0.3, 0.4) is 0 Å². The Morgan fingerprint density at radius 3 is 2.57 bits per heavy atom. The van der Waals surface area contributed by atoms with Gasteiger partial charge in [-0.3, -0.25) is 9.59 Å². The molecule has 30 heavy (non-hydrogen) atoms. The first kappa shape index (κ1) is 22.2. The van der Waals surface area contributed by atoms with Crippen molar-refractivity contribution >= 4 is 17.8 Å². The van der Waals surface area contributed by atoms with E-state index in [4.69, 9.17) is 15.2 Å². The van der Waals surface area contributed by atoms with Crippen molar-refractivity contribution in [2.75, 3.05) is 27.7 Å². The van der Waals surface area contributed by atoms with Crippen LogP contribution in [0.1, 0.15) is 31.2 Å². The Kier molecular flexibility index (Phi) is 6.77. The van der Waals surface area contributed by atoms with Crippen LogP contribution in [0.2, 0.25) is 0 Å². The van der Waals surface area contributed by atoms with E-state index in [0.29, 0.717) is 19.4 Å². The fraction of sp³-hybridized carbons (Fsp3) is 0.591. The van der Waals surface area contributed by atoms with Crippen LogP contribution in [0.4, 0.5) is 0 Å². The molecule has 1 heterocycles. The maximum atomic E-state index is 13.2. The van der Waals surface area contributed by atoms with Crippen LogP contribution >= 0.6 is 0 Å². The van der Waals surface area contributed by atoms with Crippen LogP contribution < -0.4 is 5.73 Å². The van der Waals surface area contributed by atoms with Gasteiger partial charge in [-0.15, -0.1) is 0 Å². The first-order valence-electron chi connectivity index (χ1n) is 10.3. The lowest BCUT2D eigenvalue weighted by atomic mass is 9.80. The average Bonchev–Trinajstić information content (AvgIpc) is 3.07. The Morgan fingerprint density at radius 1 is 1.23 bits per heavy atom. The molecule has 4 atom stereocenters. The van der Waals surface area contributed by atoms with Crippen LogP contribution in [0.5, 0.6) is 0 Å². The first-order valence-corrected chi connectivity index (χ1v) is 10.3. The summed E-state index contributed by atoms with van der Waals surface area (Å²) in [5.74, 6) is -1.97. The zero-order valence-electron chi connectivity index (χ0n) is 17.9. The number of hydrogen-bond acceptors (Lipinski definition) is 7. The molecule has 1 aromatic carbocycles. The normalized spacial score (nSPS) is 29.2. The Bertz CT molecular complexity index is 784. The summed E-state index contributed by atoms with van der Waals surface area (Å²) in [4.78, 5) is 42.0. The third-order valence-corrected chi connectivity index (χ3v) is 6.39. The van der Waals surface area contributed by atoms with Gasteiger partial charge in [0, 0.05) is 25.0 Å². The van der Waals surface area contributed by atoms with Crippen LogP contribution in [0.15, 0.2) is 30.3 Å². The molecule has 0 bridgehead atoms.